The van der Waals surface area contributed by atoms with E-state index in [4.69, 9.17) is 0 Å². The third-order valence-electron chi connectivity index (χ3n) is 5.05. The molecule has 2 aliphatic rings. The number of rotatable bonds is 3. The molecule has 3 rings (SSSR count). The largest absolute Gasteiger partial charge is 0.313 e. The van der Waals surface area contributed by atoms with Crippen LogP contribution in [-0.2, 0) is 6.42 Å². The molecule has 1 heteroatoms. The molecule has 17 heavy (non-hydrogen) atoms. The summed E-state index contributed by atoms with van der Waals surface area (Å²) in [4.78, 5) is 0. The van der Waals surface area contributed by atoms with Crippen LogP contribution < -0.4 is 5.32 Å². The van der Waals surface area contributed by atoms with Crippen LogP contribution in [0.15, 0.2) is 24.3 Å². The van der Waals surface area contributed by atoms with Crippen LogP contribution in [0.25, 0.3) is 0 Å². The van der Waals surface area contributed by atoms with Crippen molar-refractivity contribution in [3.63, 3.8) is 0 Å². The monoisotopic (exact) mass is 229 g/mol. The molecule has 4 unspecified atom stereocenters. The normalized spacial score (nSPS) is 35.4. The van der Waals surface area contributed by atoms with Crippen molar-refractivity contribution in [2.24, 2.45) is 11.8 Å². The van der Waals surface area contributed by atoms with Gasteiger partial charge in [0.15, 0.2) is 0 Å². The standard InChI is InChI=1S/C16H23N/c1-11-7-8-16(12(11)2)17-10-14-9-13-5-3-4-6-15(13)14/h3-6,11-12,14,16-17H,7-10H2,1-2H3. The van der Waals surface area contributed by atoms with Gasteiger partial charge in [0, 0.05) is 18.5 Å². The molecule has 1 fully saturated rings. The predicted octanol–water partition coefficient (Wildman–Crippen LogP) is 3.35. The Hall–Kier alpha value is -0.820. The first-order chi connectivity index (χ1) is 8.25. The maximum atomic E-state index is 3.80. The van der Waals surface area contributed by atoms with Crippen LogP contribution >= 0.6 is 0 Å². The van der Waals surface area contributed by atoms with Crippen molar-refractivity contribution >= 4 is 0 Å². The van der Waals surface area contributed by atoms with E-state index in [1.165, 1.54) is 25.8 Å². The fraction of sp³-hybridized carbons (Fsp3) is 0.625. The summed E-state index contributed by atoms with van der Waals surface area (Å²) in [6.45, 7) is 5.98. The highest BCUT2D eigenvalue weighted by atomic mass is 14.9. The zero-order chi connectivity index (χ0) is 11.8. The topological polar surface area (TPSA) is 12.0 Å². The molecular formula is C16H23N. The van der Waals surface area contributed by atoms with Crippen molar-refractivity contribution < 1.29 is 0 Å². The van der Waals surface area contributed by atoms with Gasteiger partial charge in [-0.1, -0.05) is 38.1 Å². The zero-order valence-electron chi connectivity index (χ0n) is 10.9. The van der Waals surface area contributed by atoms with E-state index in [2.05, 4.69) is 43.4 Å². The Morgan fingerprint density at radius 2 is 2.00 bits per heavy atom. The molecule has 1 nitrogen and oxygen atoms in total. The Morgan fingerprint density at radius 3 is 2.71 bits per heavy atom. The fourth-order valence-electron chi connectivity index (χ4n) is 3.49. The molecule has 1 N–H and O–H groups in total. The number of benzene rings is 1. The third-order valence-corrected chi connectivity index (χ3v) is 5.05. The van der Waals surface area contributed by atoms with Gasteiger partial charge < -0.3 is 5.32 Å². The van der Waals surface area contributed by atoms with Crippen LogP contribution in [0.5, 0.6) is 0 Å². The minimum Gasteiger partial charge on any atom is -0.313 e. The van der Waals surface area contributed by atoms with Crippen LogP contribution in [-0.4, -0.2) is 12.6 Å². The summed E-state index contributed by atoms with van der Waals surface area (Å²) in [6, 6.07) is 9.66. The van der Waals surface area contributed by atoms with E-state index in [0.29, 0.717) is 0 Å². The number of hydrogen-bond donors (Lipinski definition) is 1. The summed E-state index contributed by atoms with van der Waals surface area (Å²) >= 11 is 0. The summed E-state index contributed by atoms with van der Waals surface area (Å²) in [5.41, 5.74) is 3.14. The van der Waals surface area contributed by atoms with E-state index in [9.17, 15) is 0 Å². The molecule has 2 aliphatic carbocycles. The van der Waals surface area contributed by atoms with Gasteiger partial charge in [0.1, 0.15) is 0 Å². The van der Waals surface area contributed by atoms with Gasteiger partial charge in [-0.25, -0.2) is 0 Å². The highest BCUT2D eigenvalue weighted by molar-refractivity contribution is 5.40. The Labute approximate surface area is 105 Å². The smallest absolute Gasteiger partial charge is 0.00955 e. The lowest BCUT2D eigenvalue weighted by atomic mass is 9.77. The summed E-state index contributed by atoms with van der Waals surface area (Å²) in [6.07, 6.45) is 4.05. The van der Waals surface area contributed by atoms with Crippen molar-refractivity contribution in [2.45, 2.75) is 45.1 Å². The van der Waals surface area contributed by atoms with Crippen LogP contribution in [0.3, 0.4) is 0 Å². The van der Waals surface area contributed by atoms with Gasteiger partial charge in [0.2, 0.25) is 0 Å². The Balaban J connectivity index is 1.54. The highest BCUT2D eigenvalue weighted by Gasteiger charge is 2.31. The number of fused-ring (bicyclic) bond motifs is 1. The van der Waals surface area contributed by atoms with Crippen molar-refractivity contribution in [2.75, 3.05) is 6.54 Å². The number of nitrogens with one attached hydrogen (secondary N) is 1. The minimum absolute atomic E-state index is 0.762. The third kappa shape index (κ3) is 2.01. The lowest BCUT2D eigenvalue weighted by Crippen LogP contribution is -2.38. The molecule has 4 atom stereocenters. The van der Waals surface area contributed by atoms with Crippen molar-refractivity contribution in [1.82, 2.24) is 5.32 Å². The fourth-order valence-corrected chi connectivity index (χ4v) is 3.49. The second-order valence-electron chi connectivity index (χ2n) is 6.03. The average molecular weight is 229 g/mol. The van der Waals surface area contributed by atoms with Crippen LogP contribution in [0.4, 0.5) is 0 Å². The minimum atomic E-state index is 0.762. The Morgan fingerprint density at radius 1 is 1.18 bits per heavy atom. The molecule has 0 spiro atoms. The first-order valence-electron chi connectivity index (χ1n) is 7.07. The second kappa shape index (κ2) is 4.45. The quantitative estimate of drug-likeness (QED) is 0.838. The van der Waals surface area contributed by atoms with Gasteiger partial charge in [-0.15, -0.1) is 0 Å². The van der Waals surface area contributed by atoms with Gasteiger partial charge in [-0.3, -0.25) is 0 Å². The molecule has 1 aromatic rings. The van der Waals surface area contributed by atoms with Crippen molar-refractivity contribution in [3.05, 3.63) is 35.4 Å². The Kier molecular flexibility index (Phi) is 2.96. The molecule has 0 radical (unpaired) electrons. The van der Waals surface area contributed by atoms with Gasteiger partial charge in [-0.05, 0) is 42.2 Å². The van der Waals surface area contributed by atoms with Crippen LogP contribution in [0.2, 0.25) is 0 Å². The average Bonchev–Trinajstić information content (AvgIpc) is 2.62. The SMILES string of the molecule is CC1CCC(NCC2Cc3ccccc32)C1C. The highest BCUT2D eigenvalue weighted by Crippen LogP contribution is 2.36. The molecule has 0 bridgehead atoms. The van der Waals surface area contributed by atoms with E-state index >= 15 is 0 Å². The van der Waals surface area contributed by atoms with E-state index in [0.717, 1.165) is 23.8 Å². The summed E-state index contributed by atoms with van der Waals surface area (Å²) in [7, 11) is 0. The molecule has 1 saturated carbocycles. The van der Waals surface area contributed by atoms with Crippen molar-refractivity contribution in [3.8, 4) is 0 Å². The van der Waals surface area contributed by atoms with Gasteiger partial charge in [0.25, 0.3) is 0 Å². The lowest BCUT2D eigenvalue weighted by Gasteiger charge is -2.32. The van der Waals surface area contributed by atoms with Gasteiger partial charge in [-0.2, -0.15) is 0 Å². The summed E-state index contributed by atoms with van der Waals surface area (Å²) in [5, 5.41) is 3.80. The van der Waals surface area contributed by atoms with Crippen LogP contribution in [0, 0.1) is 11.8 Å². The maximum Gasteiger partial charge on any atom is 0.00955 e. The molecule has 0 aromatic heterocycles. The molecule has 92 valence electrons. The first-order valence-corrected chi connectivity index (χ1v) is 7.07. The lowest BCUT2D eigenvalue weighted by molar-refractivity contribution is 0.358. The van der Waals surface area contributed by atoms with E-state index in [-0.39, 0.29) is 0 Å². The summed E-state index contributed by atoms with van der Waals surface area (Å²) in [5.74, 6) is 2.53. The van der Waals surface area contributed by atoms with Gasteiger partial charge >= 0.3 is 0 Å². The van der Waals surface area contributed by atoms with Gasteiger partial charge in [0.05, 0.1) is 0 Å². The first kappa shape index (κ1) is 11.3. The van der Waals surface area contributed by atoms with Crippen LogP contribution in [0.1, 0.15) is 43.7 Å². The summed E-state index contributed by atoms with van der Waals surface area (Å²) < 4.78 is 0. The second-order valence-corrected chi connectivity index (χ2v) is 6.03. The molecule has 0 amide bonds. The molecule has 1 aromatic carbocycles. The maximum absolute atomic E-state index is 3.80. The predicted molar refractivity (Wildman–Crippen MR) is 72.2 cm³/mol. The van der Waals surface area contributed by atoms with E-state index < -0.39 is 0 Å². The van der Waals surface area contributed by atoms with E-state index in [1.54, 1.807) is 11.1 Å². The number of hydrogen-bond acceptors (Lipinski definition) is 1. The zero-order valence-corrected chi connectivity index (χ0v) is 10.9. The molecule has 0 saturated heterocycles. The Bertz CT molecular complexity index is 398. The van der Waals surface area contributed by atoms with Crippen molar-refractivity contribution in [1.29, 1.82) is 0 Å². The molecule has 0 aliphatic heterocycles. The molecular weight excluding hydrogens is 206 g/mol. The molecule has 0 heterocycles. The van der Waals surface area contributed by atoms with E-state index in [1.807, 2.05) is 0 Å².